The molecule has 3 heterocycles. The number of rotatable bonds is 5. The molecule has 4 rings (SSSR count). The molecule has 0 spiro atoms. The van der Waals surface area contributed by atoms with Crippen molar-refractivity contribution in [1.29, 1.82) is 0 Å². The number of amides is 1. The molecule has 1 aromatic heterocycles. The van der Waals surface area contributed by atoms with Crippen LogP contribution in [0.15, 0.2) is 0 Å². The monoisotopic (exact) mass is 364 g/mol. The predicted octanol–water partition coefficient (Wildman–Crippen LogP) is 2.20. The standard InChI is InChI=1S/C18H28N4O2S/c1-24-10-7-16-19-18(25-20-16)21-8-5-13(6-9-21)17(23)22-11-14-3-2-4-15(14)12-22/h13-15H,2-12H2,1H3. The lowest BCUT2D eigenvalue weighted by Gasteiger charge is -2.33. The minimum absolute atomic E-state index is 0.205. The number of hydrogen-bond donors (Lipinski definition) is 0. The Kier molecular flexibility index (Phi) is 5.22. The number of fused-ring (bicyclic) bond motifs is 1. The molecule has 2 aliphatic heterocycles. The van der Waals surface area contributed by atoms with Gasteiger partial charge in [-0.15, -0.1) is 0 Å². The molecule has 2 atom stereocenters. The van der Waals surface area contributed by atoms with Gasteiger partial charge in [0.25, 0.3) is 0 Å². The van der Waals surface area contributed by atoms with Crippen LogP contribution < -0.4 is 4.90 Å². The molecule has 3 fully saturated rings. The first kappa shape index (κ1) is 17.2. The van der Waals surface area contributed by atoms with Crippen LogP contribution >= 0.6 is 11.5 Å². The molecule has 0 bridgehead atoms. The molecular formula is C18H28N4O2S. The van der Waals surface area contributed by atoms with Crippen LogP contribution in [-0.2, 0) is 16.0 Å². The predicted molar refractivity (Wildman–Crippen MR) is 97.8 cm³/mol. The zero-order valence-corrected chi connectivity index (χ0v) is 15.8. The molecule has 2 unspecified atom stereocenters. The average Bonchev–Trinajstić information content (AvgIpc) is 3.35. The highest BCUT2D eigenvalue weighted by atomic mass is 32.1. The fourth-order valence-corrected chi connectivity index (χ4v) is 5.42. The Morgan fingerprint density at radius 3 is 2.60 bits per heavy atom. The highest BCUT2D eigenvalue weighted by Crippen LogP contribution is 2.38. The van der Waals surface area contributed by atoms with Gasteiger partial charge in [0.2, 0.25) is 11.0 Å². The Hall–Kier alpha value is -1.21. The van der Waals surface area contributed by atoms with Crippen LogP contribution in [0.1, 0.15) is 37.9 Å². The van der Waals surface area contributed by atoms with Gasteiger partial charge in [-0.2, -0.15) is 4.37 Å². The van der Waals surface area contributed by atoms with Crippen molar-refractivity contribution in [2.45, 2.75) is 38.5 Å². The summed E-state index contributed by atoms with van der Waals surface area (Å²) >= 11 is 1.47. The van der Waals surface area contributed by atoms with Gasteiger partial charge >= 0.3 is 0 Å². The largest absolute Gasteiger partial charge is 0.384 e. The molecule has 1 aromatic rings. The maximum absolute atomic E-state index is 12.9. The van der Waals surface area contributed by atoms with Crippen LogP contribution in [0, 0.1) is 17.8 Å². The Bertz CT molecular complexity index is 588. The van der Waals surface area contributed by atoms with Gasteiger partial charge in [-0.1, -0.05) is 6.42 Å². The third-order valence-corrected chi connectivity index (χ3v) is 6.95. The van der Waals surface area contributed by atoms with E-state index in [1.807, 2.05) is 0 Å². The van der Waals surface area contributed by atoms with Crippen LogP contribution in [0.3, 0.4) is 0 Å². The molecule has 0 N–H and O–H groups in total. The summed E-state index contributed by atoms with van der Waals surface area (Å²) < 4.78 is 9.50. The van der Waals surface area contributed by atoms with Crippen molar-refractivity contribution in [2.75, 3.05) is 44.8 Å². The molecule has 1 amide bonds. The van der Waals surface area contributed by atoms with E-state index in [0.29, 0.717) is 12.5 Å². The fraction of sp³-hybridized carbons (Fsp3) is 0.833. The lowest BCUT2D eigenvalue weighted by Crippen LogP contribution is -2.42. The Morgan fingerprint density at radius 1 is 1.20 bits per heavy atom. The number of aromatic nitrogens is 2. The van der Waals surface area contributed by atoms with Crippen molar-refractivity contribution >= 4 is 22.6 Å². The van der Waals surface area contributed by atoms with E-state index in [-0.39, 0.29) is 5.92 Å². The lowest BCUT2D eigenvalue weighted by molar-refractivity contribution is -0.135. The number of carbonyl (C=O) groups excluding carboxylic acids is 1. The highest BCUT2D eigenvalue weighted by molar-refractivity contribution is 7.09. The molecule has 6 nitrogen and oxygen atoms in total. The number of ether oxygens (including phenoxy) is 1. The maximum Gasteiger partial charge on any atom is 0.225 e. The zero-order chi connectivity index (χ0) is 17.2. The minimum atomic E-state index is 0.205. The van der Waals surface area contributed by atoms with E-state index < -0.39 is 0 Å². The fourth-order valence-electron chi connectivity index (χ4n) is 4.66. The van der Waals surface area contributed by atoms with E-state index in [0.717, 1.165) is 68.2 Å². The van der Waals surface area contributed by atoms with E-state index >= 15 is 0 Å². The van der Waals surface area contributed by atoms with Gasteiger partial charge in [-0.25, -0.2) is 4.98 Å². The SMILES string of the molecule is COCCc1nsc(N2CCC(C(=O)N3CC4CCCC4C3)CC2)n1. The third-order valence-electron chi connectivity index (χ3n) is 6.14. The molecule has 7 heteroatoms. The van der Waals surface area contributed by atoms with E-state index in [4.69, 9.17) is 4.74 Å². The smallest absolute Gasteiger partial charge is 0.225 e. The number of nitrogens with zero attached hydrogens (tertiary/aromatic N) is 4. The van der Waals surface area contributed by atoms with Crippen molar-refractivity contribution < 1.29 is 9.53 Å². The lowest BCUT2D eigenvalue weighted by atomic mass is 9.95. The minimum Gasteiger partial charge on any atom is -0.384 e. The Morgan fingerprint density at radius 2 is 1.92 bits per heavy atom. The van der Waals surface area contributed by atoms with E-state index in [2.05, 4.69) is 19.2 Å². The summed E-state index contributed by atoms with van der Waals surface area (Å²) in [5.74, 6) is 3.05. The Balaban J connectivity index is 1.28. The number of anilines is 1. The van der Waals surface area contributed by atoms with Crippen LogP contribution in [0.25, 0.3) is 0 Å². The summed E-state index contributed by atoms with van der Waals surface area (Å²) in [5, 5.41) is 0.993. The van der Waals surface area contributed by atoms with Crippen molar-refractivity contribution in [2.24, 2.45) is 17.8 Å². The zero-order valence-electron chi connectivity index (χ0n) is 15.0. The number of likely N-dealkylation sites (tertiary alicyclic amines) is 1. The van der Waals surface area contributed by atoms with Gasteiger partial charge in [0, 0.05) is 57.2 Å². The molecule has 1 aliphatic carbocycles. The number of piperidine rings is 1. The van der Waals surface area contributed by atoms with Crippen molar-refractivity contribution in [1.82, 2.24) is 14.3 Å². The molecule has 25 heavy (non-hydrogen) atoms. The van der Waals surface area contributed by atoms with Crippen LogP contribution in [0.5, 0.6) is 0 Å². The van der Waals surface area contributed by atoms with Gasteiger partial charge < -0.3 is 14.5 Å². The molecule has 2 saturated heterocycles. The molecule has 0 radical (unpaired) electrons. The first-order chi connectivity index (χ1) is 12.2. The summed E-state index contributed by atoms with van der Waals surface area (Å²) in [6, 6.07) is 0. The first-order valence-electron chi connectivity index (χ1n) is 9.60. The van der Waals surface area contributed by atoms with Gasteiger partial charge in [0.05, 0.1) is 6.61 Å². The van der Waals surface area contributed by atoms with Crippen molar-refractivity contribution in [3.63, 3.8) is 0 Å². The number of methoxy groups -OCH3 is 1. The van der Waals surface area contributed by atoms with Gasteiger partial charge in [0.1, 0.15) is 5.82 Å². The molecular weight excluding hydrogens is 336 g/mol. The molecule has 1 saturated carbocycles. The van der Waals surface area contributed by atoms with Gasteiger partial charge in [-0.3, -0.25) is 4.79 Å². The summed E-state index contributed by atoms with van der Waals surface area (Å²) in [7, 11) is 1.70. The second kappa shape index (κ2) is 7.58. The highest BCUT2D eigenvalue weighted by Gasteiger charge is 2.40. The average molecular weight is 365 g/mol. The first-order valence-corrected chi connectivity index (χ1v) is 10.4. The van der Waals surface area contributed by atoms with E-state index in [1.54, 1.807) is 7.11 Å². The van der Waals surface area contributed by atoms with Crippen LogP contribution in [0.4, 0.5) is 5.13 Å². The van der Waals surface area contributed by atoms with E-state index in [9.17, 15) is 4.79 Å². The van der Waals surface area contributed by atoms with E-state index in [1.165, 1.54) is 30.8 Å². The second-order valence-corrected chi connectivity index (χ2v) is 8.42. The summed E-state index contributed by atoms with van der Waals surface area (Å²) in [5.41, 5.74) is 0. The maximum atomic E-state index is 12.9. The molecule has 138 valence electrons. The summed E-state index contributed by atoms with van der Waals surface area (Å²) in [6.07, 6.45) is 6.67. The van der Waals surface area contributed by atoms with Gasteiger partial charge in [0.15, 0.2) is 0 Å². The van der Waals surface area contributed by atoms with Crippen molar-refractivity contribution in [3.8, 4) is 0 Å². The quantitative estimate of drug-likeness (QED) is 0.802. The van der Waals surface area contributed by atoms with Crippen LogP contribution in [-0.4, -0.2) is 60.1 Å². The molecule has 3 aliphatic rings. The number of hydrogen-bond acceptors (Lipinski definition) is 6. The van der Waals surface area contributed by atoms with Crippen molar-refractivity contribution in [3.05, 3.63) is 5.82 Å². The third kappa shape index (κ3) is 3.67. The second-order valence-electron chi connectivity index (χ2n) is 7.69. The summed E-state index contributed by atoms with van der Waals surface area (Å²) in [4.78, 5) is 21.9. The topological polar surface area (TPSA) is 58.6 Å². The Labute approximate surface area is 153 Å². The number of carbonyl (C=O) groups is 1. The summed E-state index contributed by atoms with van der Waals surface area (Å²) in [6.45, 7) is 4.52. The van der Waals surface area contributed by atoms with Gasteiger partial charge in [-0.05, 0) is 37.5 Å². The normalized spacial score (nSPS) is 27.1. The molecule has 0 aromatic carbocycles. The van der Waals surface area contributed by atoms with Crippen LogP contribution in [0.2, 0.25) is 0 Å².